The molecule has 0 saturated carbocycles. The van der Waals surface area contributed by atoms with E-state index in [1.54, 1.807) is 18.2 Å². The van der Waals surface area contributed by atoms with E-state index >= 15 is 0 Å². The molecule has 0 unspecified atom stereocenters. The molecule has 0 bridgehead atoms. The van der Waals surface area contributed by atoms with Gasteiger partial charge in [0.1, 0.15) is 0 Å². The topological polar surface area (TPSA) is 75.4 Å². The summed E-state index contributed by atoms with van der Waals surface area (Å²) in [6.07, 6.45) is 0.554. The van der Waals surface area contributed by atoms with Gasteiger partial charge >= 0.3 is 0 Å². The van der Waals surface area contributed by atoms with Crippen molar-refractivity contribution < 1.29 is 9.90 Å². The molecule has 1 aromatic rings. The molecule has 0 aliphatic heterocycles. The fraction of sp³-hybridized carbons (Fsp3) is 0.300. The number of carbonyl (C=O) groups is 1. The zero-order chi connectivity index (χ0) is 11.3. The van der Waals surface area contributed by atoms with Crippen LogP contribution in [0.3, 0.4) is 0 Å². The lowest BCUT2D eigenvalue weighted by Crippen LogP contribution is -2.25. The van der Waals surface area contributed by atoms with Crippen molar-refractivity contribution in [2.45, 2.75) is 6.42 Å². The maximum absolute atomic E-state index is 11.6. The highest BCUT2D eigenvalue weighted by Crippen LogP contribution is 2.19. The normalized spacial score (nSPS) is 10.0. The maximum Gasteiger partial charge on any atom is 0.252 e. The Morgan fingerprint density at radius 3 is 2.87 bits per heavy atom. The van der Waals surface area contributed by atoms with Gasteiger partial charge in [-0.2, -0.15) is 0 Å². The van der Waals surface area contributed by atoms with Gasteiger partial charge in [-0.25, -0.2) is 0 Å². The minimum absolute atomic E-state index is 0.0726. The third-order valence-electron chi connectivity index (χ3n) is 1.86. The number of anilines is 1. The van der Waals surface area contributed by atoms with Crippen LogP contribution in [0.1, 0.15) is 16.8 Å². The standard InChI is InChI=1S/C10H13BrN2O2/c11-9-6-7(12)2-3-8(9)10(15)13-4-1-5-14/h2-3,6,14H,1,4-5,12H2,(H,13,15). The first-order chi connectivity index (χ1) is 7.15. The molecule has 15 heavy (non-hydrogen) atoms. The lowest BCUT2D eigenvalue weighted by Gasteiger charge is -2.06. The van der Waals surface area contributed by atoms with Crippen molar-refractivity contribution in [2.75, 3.05) is 18.9 Å². The first-order valence-corrected chi connectivity index (χ1v) is 5.38. The smallest absolute Gasteiger partial charge is 0.252 e. The number of benzene rings is 1. The summed E-state index contributed by atoms with van der Waals surface area (Å²) in [5, 5.41) is 11.3. The number of rotatable bonds is 4. The molecule has 0 aromatic heterocycles. The Labute approximate surface area is 96.6 Å². The van der Waals surface area contributed by atoms with Crippen molar-refractivity contribution in [1.29, 1.82) is 0 Å². The van der Waals surface area contributed by atoms with Gasteiger partial charge < -0.3 is 16.2 Å². The van der Waals surface area contributed by atoms with Crippen LogP contribution in [0.4, 0.5) is 5.69 Å². The molecule has 0 atom stereocenters. The highest BCUT2D eigenvalue weighted by Gasteiger charge is 2.08. The second kappa shape index (κ2) is 5.72. The average molecular weight is 273 g/mol. The summed E-state index contributed by atoms with van der Waals surface area (Å²) in [6.45, 7) is 0.537. The summed E-state index contributed by atoms with van der Waals surface area (Å²) in [5.41, 5.74) is 6.70. The Balaban J connectivity index is 2.65. The number of nitrogens with one attached hydrogen (secondary N) is 1. The van der Waals surface area contributed by atoms with Crippen molar-refractivity contribution >= 4 is 27.5 Å². The first-order valence-electron chi connectivity index (χ1n) is 4.59. The Morgan fingerprint density at radius 1 is 1.53 bits per heavy atom. The van der Waals surface area contributed by atoms with E-state index in [-0.39, 0.29) is 12.5 Å². The third-order valence-corrected chi connectivity index (χ3v) is 2.51. The number of aliphatic hydroxyl groups excluding tert-OH is 1. The number of carbonyl (C=O) groups excluding carboxylic acids is 1. The van der Waals surface area contributed by atoms with Gasteiger partial charge in [-0.15, -0.1) is 0 Å². The highest BCUT2D eigenvalue weighted by atomic mass is 79.9. The number of nitrogen functional groups attached to an aromatic ring is 1. The molecule has 5 heteroatoms. The minimum Gasteiger partial charge on any atom is -0.399 e. The Hall–Kier alpha value is -1.07. The molecule has 0 fully saturated rings. The van der Waals surface area contributed by atoms with Crippen LogP contribution in [0.15, 0.2) is 22.7 Å². The van der Waals surface area contributed by atoms with Gasteiger partial charge in [0.2, 0.25) is 0 Å². The van der Waals surface area contributed by atoms with Gasteiger partial charge in [-0.3, -0.25) is 4.79 Å². The fourth-order valence-electron chi connectivity index (χ4n) is 1.09. The van der Waals surface area contributed by atoms with E-state index in [1.807, 2.05) is 0 Å². The number of nitrogens with two attached hydrogens (primary N) is 1. The summed E-state index contributed by atoms with van der Waals surface area (Å²) in [5.74, 6) is -0.171. The Kier molecular flexibility index (Phi) is 4.58. The predicted molar refractivity (Wildman–Crippen MR) is 62.6 cm³/mol. The lowest BCUT2D eigenvalue weighted by molar-refractivity contribution is 0.0950. The maximum atomic E-state index is 11.6. The minimum atomic E-state index is -0.171. The number of aliphatic hydroxyl groups is 1. The molecule has 4 N–H and O–H groups in total. The molecule has 0 saturated heterocycles. The van der Waals surface area contributed by atoms with Gasteiger partial charge in [-0.05, 0) is 40.5 Å². The zero-order valence-electron chi connectivity index (χ0n) is 8.16. The molecule has 1 aromatic carbocycles. The summed E-state index contributed by atoms with van der Waals surface area (Å²) in [6, 6.07) is 5.01. The van der Waals surface area contributed by atoms with E-state index in [4.69, 9.17) is 10.8 Å². The van der Waals surface area contributed by atoms with Crippen molar-refractivity contribution in [3.63, 3.8) is 0 Å². The summed E-state index contributed by atoms with van der Waals surface area (Å²) in [7, 11) is 0. The van der Waals surface area contributed by atoms with Gasteiger partial charge in [0.15, 0.2) is 0 Å². The van der Waals surface area contributed by atoms with Crippen LogP contribution >= 0.6 is 15.9 Å². The van der Waals surface area contributed by atoms with E-state index in [1.165, 1.54) is 0 Å². The number of amides is 1. The molecule has 0 aliphatic carbocycles. The van der Waals surface area contributed by atoms with Crippen molar-refractivity contribution in [3.8, 4) is 0 Å². The SMILES string of the molecule is Nc1ccc(C(=O)NCCCO)c(Br)c1. The summed E-state index contributed by atoms with van der Waals surface area (Å²) >= 11 is 3.27. The quantitative estimate of drug-likeness (QED) is 0.569. The van der Waals surface area contributed by atoms with Crippen LogP contribution in [-0.2, 0) is 0 Å². The van der Waals surface area contributed by atoms with Crippen LogP contribution in [-0.4, -0.2) is 24.2 Å². The van der Waals surface area contributed by atoms with Crippen LogP contribution in [0, 0.1) is 0 Å². The molecule has 1 rings (SSSR count). The van der Waals surface area contributed by atoms with Gasteiger partial charge in [0.05, 0.1) is 5.56 Å². The van der Waals surface area contributed by atoms with E-state index in [0.717, 1.165) is 0 Å². The molecule has 0 aliphatic rings. The molecular weight excluding hydrogens is 260 g/mol. The molecule has 0 heterocycles. The average Bonchev–Trinajstić information content (AvgIpc) is 2.17. The van der Waals surface area contributed by atoms with Gasteiger partial charge in [-0.1, -0.05) is 0 Å². The van der Waals surface area contributed by atoms with Crippen molar-refractivity contribution in [3.05, 3.63) is 28.2 Å². The van der Waals surface area contributed by atoms with Crippen LogP contribution in [0.25, 0.3) is 0 Å². The first kappa shape index (κ1) is 12.0. The van der Waals surface area contributed by atoms with Crippen molar-refractivity contribution in [1.82, 2.24) is 5.32 Å². The van der Waals surface area contributed by atoms with Crippen LogP contribution < -0.4 is 11.1 Å². The highest BCUT2D eigenvalue weighted by molar-refractivity contribution is 9.10. The predicted octanol–water partition coefficient (Wildman–Crippen LogP) is 1.14. The van der Waals surface area contributed by atoms with E-state index < -0.39 is 0 Å². The van der Waals surface area contributed by atoms with Gasteiger partial charge in [0.25, 0.3) is 5.91 Å². The van der Waals surface area contributed by atoms with Crippen molar-refractivity contribution in [2.24, 2.45) is 0 Å². The van der Waals surface area contributed by atoms with E-state index in [0.29, 0.717) is 28.7 Å². The Bertz CT molecular complexity index is 355. The summed E-state index contributed by atoms with van der Waals surface area (Å²) < 4.78 is 0.670. The van der Waals surface area contributed by atoms with E-state index in [2.05, 4.69) is 21.2 Å². The number of halogens is 1. The van der Waals surface area contributed by atoms with Crippen LogP contribution in [0.5, 0.6) is 0 Å². The third kappa shape index (κ3) is 3.53. The number of hydrogen-bond acceptors (Lipinski definition) is 3. The molecule has 1 amide bonds. The molecule has 0 spiro atoms. The summed E-state index contributed by atoms with van der Waals surface area (Å²) in [4.78, 5) is 11.6. The van der Waals surface area contributed by atoms with E-state index in [9.17, 15) is 4.79 Å². The molecular formula is C10H13BrN2O2. The molecule has 4 nitrogen and oxygen atoms in total. The van der Waals surface area contributed by atoms with Crippen LogP contribution in [0.2, 0.25) is 0 Å². The monoisotopic (exact) mass is 272 g/mol. The lowest BCUT2D eigenvalue weighted by atomic mass is 10.2. The second-order valence-corrected chi connectivity index (χ2v) is 3.93. The van der Waals surface area contributed by atoms with Gasteiger partial charge in [0, 0.05) is 23.3 Å². The second-order valence-electron chi connectivity index (χ2n) is 3.07. The largest absolute Gasteiger partial charge is 0.399 e. The molecule has 0 radical (unpaired) electrons. The molecule has 82 valence electrons. The number of hydrogen-bond donors (Lipinski definition) is 3. The fourth-order valence-corrected chi connectivity index (χ4v) is 1.67. The zero-order valence-corrected chi connectivity index (χ0v) is 9.75. The Morgan fingerprint density at radius 2 is 2.27 bits per heavy atom.